The molecule has 0 aromatic heterocycles. The topological polar surface area (TPSA) is 58.6 Å². The fraction of sp³-hybridized carbons (Fsp3) is 0.462. The minimum atomic E-state index is -0.177. The molecule has 100 valence electrons. The fourth-order valence-corrected chi connectivity index (χ4v) is 1.58. The molecule has 0 aliphatic carbocycles. The van der Waals surface area contributed by atoms with E-state index >= 15 is 0 Å². The van der Waals surface area contributed by atoms with Crippen molar-refractivity contribution in [2.45, 2.75) is 25.8 Å². The zero-order valence-corrected chi connectivity index (χ0v) is 11.1. The molecule has 5 heteroatoms. The van der Waals surface area contributed by atoms with Crippen molar-refractivity contribution in [1.29, 1.82) is 0 Å². The first-order valence-electron chi connectivity index (χ1n) is 5.94. The molecule has 0 aliphatic rings. The number of ether oxygens (including phenoxy) is 1. The van der Waals surface area contributed by atoms with Crippen molar-refractivity contribution in [3.63, 3.8) is 0 Å². The molecule has 1 aromatic rings. The Bertz CT molecular complexity index is 380. The average molecular weight is 272 g/mol. The van der Waals surface area contributed by atoms with Gasteiger partial charge in [-0.1, -0.05) is 24.6 Å². The third-order valence-corrected chi connectivity index (χ3v) is 2.71. The van der Waals surface area contributed by atoms with Gasteiger partial charge >= 0.3 is 0 Å². The third-order valence-electron chi connectivity index (χ3n) is 2.47. The number of halogens is 1. The molecule has 0 bridgehead atoms. The summed E-state index contributed by atoms with van der Waals surface area (Å²) in [6.07, 6.45) is 0.959. The van der Waals surface area contributed by atoms with Crippen molar-refractivity contribution in [3.05, 3.63) is 29.3 Å². The van der Waals surface area contributed by atoms with Crippen LogP contribution in [-0.4, -0.2) is 30.3 Å². The van der Waals surface area contributed by atoms with Crippen LogP contribution in [0.4, 0.5) is 0 Å². The Morgan fingerprint density at radius 2 is 2.33 bits per heavy atom. The first-order valence-corrected chi connectivity index (χ1v) is 6.32. The minimum absolute atomic E-state index is 0.0443. The van der Waals surface area contributed by atoms with Crippen molar-refractivity contribution in [3.8, 4) is 5.75 Å². The number of rotatable bonds is 7. The van der Waals surface area contributed by atoms with Crippen LogP contribution in [0.1, 0.15) is 19.8 Å². The van der Waals surface area contributed by atoms with Gasteiger partial charge in [-0.15, -0.1) is 0 Å². The van der Waals surface area contributed by atoms with Crippen LogP contribution in [0.15, 0.2) is 24.3 Å². The Hall–Kier alpha value is -1.26. The summed E-state index contributed by atoms with van der Waals surface area (Å²) in [7, 11) is 0. The summed E-state index contributed by atoms with van der Waals surface area (Å²) in [6.45, 7) is 2.15. The largest absolute Gasteiger partial charge is 0.493 e. The molecule has 0 fully saturated rings. The Labute approximate surface area is 112 Å². The van der Waals surface area contributed by atoms with E-state index in [1.54, 1.807) is 24.3 Å². The maximum Gasteiger partial charge on any atom is 0.223 e. The van der Waals surface area contributed by atoms with E-state index in [2.05, 4.69) is 5.32 Å². The van der Waals surface area contributed by atoms with Crippen molar-refractivity contribution < 1.29 is 14.6 Å². The summed E-state index contributed by atoms with van der Waals surface area (Å²) < 4.78 is 5.40. The molecule has 1 atom stereocenters. The average Bonchev–Trinajstić information content (AvgIpc) is 2.36. The van der Waals surface area contributed by atoms with E-state index in [1.807, 2.05) is 6.92 Å². The lowest BCUT2D eigenvalue weighted by Gasteiger charge is -2.14. The minimum Gasteiger partial charge on any atom is -0.493 e. The van der Waals surface area contributed by atoms with Crippen molar-refractivity contribution in [2.75, 3.05) is 13.2 Å². The zero-order valence-electron chi connectivity index (χ0n) is 10.4. The molecular formula is C13H18ClNO3. The molecule has 0 radical (unpaired) electrons. The summed E-state index contributed by atoms with van der Waals surface area (Å²) in [5.74, 6) is 0.516. The van der Waals surface area contributed by atoms with Gasteiger partial charge in [0, 0.05) is 5.02 Å². The van der Waals surface area contributed by atoms with Crippen molar-refractivity contribution >= 4 is 17.5 Å². The zero-order chi connectivity index (χ0) is 13.4. The number of benzene rings is 1. The molecule has 0 heterocycles. The van der Waals surface area contributed by atoms with Crippen molar-refractivity contribution in [2.24, 2.45) is 0 Å². The number of carbonyl (C=O) groups excluding carboxylic acids is 1. The number of carbonyl (C=O) groups is 1. The molecule has 0 aliphatic heterocycles. The molecule has 1 amide bonds. The van der Waals surface area contributed by atoms with E-state index in [0.717, 1.165) is 0 Å². The summed E-state index contributed by atoms with van der Waals surface area (Å²) in [6, 6.07) is 6.85. The lowest BCUT2D eigenvalue weighted by atomic mass is 10.2. The van der Waals surface area contributed by atoms with Crippen LogP contribution in [-0.2, 0) is 4.79 Å². The van der Waals surface area contributed by atoms with Crippen LogP contribution in [0.25, 0.3) is 0 Å². The van der Waals surface area contributed by atoms with Crippen LogP contribution < -0.4 is 10.1 Å². The van der Waals surface area contributed by atoms with E-state index in [1.165, 1.54) is 0 Å². The molecule has 2 N–H and O–H groups in total. The SMILES string of the molecule is CCC(CO)NC(=O)CCOc1cccc(Cl)c1. The van der Waals surface area contributed by atoms with E-state index < -0.39 is 0 Å². The Morgan fingerprint density at radius 1 is 1.56 bits per heavy atom. The summed E-state index contributed by atoms with van der Waals surface area (Å²) in [5.41, 5.74) is 0. The summed E-state index contributed by atoms with van der Waals surface area (Å²) in [5, 5.41) is 12.3. The molecule has 1 unspecified atom stereocenters. The number of aliphatic hydroxyl groups is 1. The van der Waals surface area contributed by atoms with Gasteiger partial charge in [-0.2, -0.15) is 0 Å². The molecule has 0 saturated heterocycles. The molecule has 1 rings (SSSR count). The maximum atomic E-state index is 11.5. The van der Waals surface area contributed by atoms with Crippen LogP contribution in [0.2, 0.25) is 5.02 Å². The number of hydrogen-bond donors (Lipinski definition) is 2. The van der Waals surface area contributed by atoms with Gasteiger partial charge in [0.2, 0.25) is 5.91 Å². The Morgan fingerprint density at radius 3 is 2.94 bits per heavy atom. The molecule has 4 nitrogen and oxygen atoms in total. The predicted octanol–water partition coefficient (Wildman–Crippen LogP) is 2.00. The Kier molecular flexibility index (Phi) is 6.54. The lowest BCUT2D eigenvalue weighted by Crippen LogP contribution is -2.37. The van der Waals surface area contributed by atoms with E-state index in [9.17, 15) is 4.79 Å². The lowest BCUT2D eigenvalue weighted by molar-refractivity contribution is -0.122. The van der Waals surface area contributed by atoms with Crippen LogP contribution >= 0.6 is 11.6 Å². The molecule has 1 aromatic carbocycles. The van der Waals surface area contributed by atoms with Crippen LogP contribution in [0.5, 0.6) is 5.75 Å². The highest BCUT2D eigenvalue weighted by molar-refractivity contribution is 6.30. The highest BCUT2D eigenvalue weighted by atomic mass is 35.5. The maximum absolute atomic E-state index is 11.5. The highest BCUT2D eigenvalue weighted by Crippen LogP contribution is 2.17. The quantitative estimate of drug-likeness (QED) is 0.797. The second-order valence-electron chi connectivity index (χ2n) is 3.91. The van der Waals surface area contributed by atoms with Gasteiger partial charge in [-0.25, -0.2) is 0 Å². The first-order chi connectivity index (χ1) is 8.65. The molecule has 18 heavy (non-hydrogen) atoms. The normalized spacial score (nSPS) is 11.9. The van der Waals surface area contributed by atoms with Crippen LogP contribution in [0.3, 0.4) is 0 Å². The number of nitrogens with one attached hydrogen (secondary N) is 1. The van der Waals surface area contributed by atoms with Crippen LogP contribution in [0, 0.1) is 0 Å². The second kappa shape index (κ2) is 7.95. The third kappa shape index (κ3) is 5.38. The first kappa shape index (κ1) is 14.8. The van der Waals surface area contributed by atoms with E-state index in [0.29, 0.717) is 17.2 Å². The van der Waals surface area contributed by atoms with Gasteiger partial charge in [-0.05, 0) is 24.6 Å². The van der Waals surface area contributed by atoms with Gasteiger partial charge in [0.25, 0.3) is 0 Å². The smallest absolute Gasteiger partial charge is 0.223 e. The summed E-state index contributed by atoms with van der Waals surface area (Å²) in [4.78, 5) is 11.5. The second-order valence-corrected chi connectivity index (χ2v) is 4.35. The van der Waals surface area contributed by atoms with Gasteiger partial charge in [0.1, 0.15) is 5.75 Å². The summed E-state index contributed by atoms with van der Waals surface area (Å²) >= 11 is 5.81. The molecule has 0 spiro atoms. The molecule has 0 saturated carbocycles. The van der Waals surface area contributed by atoms with Gasteiger partial charge < -0.3 is 15.2 Å². The van der Waals surface area contributed by atoms with Gasteiger partial charge in [0.15, 0.2) is 0 Å². The molecular weight excluding hydrogens is 254 g/mol. The monoisotopic (exact) mass is 271 g/mol. The predicted molar refractivity (Wildman–Crippen MR) is 70.9 cm³/mol. The number of aliphatic hydroxyl groups excluding tert-OH is 1. The van der Waals surface area contributed by atoms with E-state index in [-0.39, 0.29) is 31.6 Å². The standard InChI is InChI=1S/C13H18ClNO3/c1-2-11(9-16)15-13(17)6-7-18-12-5-3-4-10(14)8-12/h3-5,8,11,16H,2,6-7,9H2,1H3,(H,15,17). The number of amides is 1. The number of hydrogen-bond acceptors (Lipinski definition) is 3. The fourth-order valence-electron chi connectivity index (χ4n) is 1.40. The van der Waals surface area contributed by atoms with E-state index in [4.69, 9.17) is 21.4 Å². The highest BCUT2D eigenvalue weighted by Gasteiger charge is 2.08. The van der Waals surface area contributed by atoms with Gasteiger partial charge in [0.05, 0.1) is 25.7 Å². The van der Waals surface area contributed by atoms with Crippen molar-refractivity contribution in [1.82, 2.24) is 5.32 Å². The Balaban J connectivity index is 2.27. The van der Waals surface area contributed by atoms with Gasteiger partial charge in [-0.3, -0.25) is 4.79 Å².